The van der Waals surface area contributed by atoms with Crippen molar-refractivity contribution in [3.63, 3.8) is 0 Å². The number of carbonyl (C=O) groups is 1. The van der Waals surface area contributed by atoms with Crippen molar-refractivity contribution in [3.05, 3.63) is 34.7 Å². The molecule has 0 spiro atoms. The monoisotopic (exact) mass is 325 g/mol. The number of anilines is 1. The molecule has 0 saturated carbocycles. The lowest BCUT2D eigenvalue weighted by Crippen LogP contribution is -2.20. The molecule has 2 rings (SSSR count). The van der Waals surface area contributed by atoms with E-state index in [2.05, 4.69) is 4.74 Å². The van der Waals surface area contributed by atoms with E-state index in [1.807, 2.05) is 0 Å². The van der Waals surface area contributed by atoms with E-state index in [9.17, 15) is 18.0 Å². The van der Waals surface area contributed by atoms with Gasteiger partial charge in [-0.1, -0.05) is 11.6 Å². The third-order valence-corrected chi connectivity index (χ3v) is 2.86. The predicted octanol–water partition coefficient (Wildman–Crippen LogP) is 3.04. The summed E-state index contributed by atoms with van der Waals surface area (Å²) in [5.41, 5.74) is 4.09. The Balaban J connectivity index is 2.59. The van der Waals surface area contributed by atoms with Crippen LogP contribution in [0.3, 0.4) is 0 Å². The molecule has 0 unspecified atom stereocenters. The summed E-state index contributed by atoms with van der Waals surface area (Å²) in [5, 5.41) is 8.46. The highest BCUT2D eigenvalue weighted by atomic mass is 35.5. The molecule has 3 N–H and O–H groups in total. The van der Waals surface area contributed by atoms with Crippen LogP contribution in [0.15, 0.2) is 18.6 Å². The summed E-state index contributed by atoms with van der Waals surface area (Å²) >= 11 is 5.83. The van der Waals surface area contributed by atoms with E-state index in [-0.39, 0.29) is 5.56 Å². The number of nitrogen functional groups attached to an aromatic ring is 1. The first-order valence-electron chi connectivity index (χ1n) is 5.27. The second-order valence-electron chi connectivity index (χ2n) is 3.79. The van der Waals surface area contributed by atoms with Crippen LogP contribution in [0.1, 0.15) is 22.2 Å². The molecule has 0 aromatic heterocycles. The van der Waals surface area contributed by atoms with Crippen molar-refractivity contribution in [1.82, 2.24) is 0 Å². The molecule has 1 aromatic carbocycles. The molecule has 0 radical (unpaired) electrons. The molecule has 0 bridgehead atoms. The van der Waals surface area contributed by atoms with E-state index in [0.29, 0.717) is 6.07 Å². The Morgan fingerprint density at radius 1 is 1.38 bits per heavy atom. The van der Waals surface area contributed by atoms with Gasteiger partial charge in [0.25, 0.3) is 6.29 Å². The van der Waals surface area contributed by atoms with Crippen molar-refractivity contribution in [2.45, 2.75) is 12.7 Å². The smallest absolute Gasteiger partial charge is 0.478 e. The van der Waals surface area contributed by atoms with Crippen molar-refractivity contribution in [1.29, 1.82) is 0 Å². The van der Waals surface area contributed by atoms with Gasteiger partial charge in [-0.15, -0.1) is 13.2 Å². The molecule has 1 aliphatic rings. The molecule has 0 atom stereocenters. The number of carboxylic acid groups (broad SMARTS) is 1. The molecular weight excluding hydrogens is 319 g/mol. The van der Waals surface area contributed by atoms with E-state index in [0.717, 1.165) is 12.5 Å². The number of ether oxygens (including phenoxy) is 3. The molecule has 1 heterocycles. The van der Waals surface area contributed by atoms with Crippen LogP contribution in [-0.4, -0.2) is 17.4 Å². The maximum Gasteiger partial charge on any atom is 0.573 e. The number of aromatic carboxylic acids is 1. The van der Waals surface area contributed by atoms with Crippen LogP contribution >= 0.6 is 11.6 Å². The SMILES string of the molecule is Nc1c(C(=O)O)cc(OC(F)(F)F)c(C2OC=CO2)c1Cl. The first-order valence-corrected chi connectivity index (χ1v) is 5.65. The molecule has 6 nitrogen and oxygen atoms in total. The third-order valence-electron chi connectivity index (χ3n) is 2.46. The number of halogens is 4. The summed E-state index contributed by atoms with van der Waals surface area (Å²) in [7, 11) is 0. The van der Waals surface area contributed by atoms with Crippen LogP contribution in [0.5, 0.6) is 5.75 Å². The fraction of sp³-hybridized carbons (Fsp3) is 0.182. The second-order valence-corrected chi connectivity index (χ2v) is 4.17. The van der Waals surface area contributed by atoms with Gasteiger partial charge in [0.2, 0.25) is 0 Å². The van der Waals surface area contributed by atoms with Crippen molar-refractivity contribution in [3.8, 4) is 5.75 Å². The maximum atomic E-state index is 12.4. The van der Waals surface area contributed by atoms with Gasteiger partial charge in [-0.25, -0.2) is 4.79 Å². The van der Waals surface area contributed by atoms with Crippen LogP contribution in [0.25, 0.3) is 0 Å². The molecule has 0 aliphatic carbocycles. The highest BCUT2D eigenvalue weighted by Crippen LogP contribution is 2.43. The van der Waals surface area contributed by atoms with Crippen LogP contribution in [0.4, 0.5) is 18.9 Å². The fourth-order valence-corrected chi connectivity index (χ4v) is 1.92. The fourth-order valence-electron chi connectivity index (χ4n) is 1.64. The average molecular weight is 326 g/mol. The summed E-state index contributed by atoms with van der Waals surface area (Å²) in [4.78, 5) is 11.0. The zero-order valence-corrected chi connectivity index (χ0v) is 10.7. The number of benzene rings is 1. The third kappa shape index (κ3) is 3.07. The van der Waals surface area contributed by atoms with Crippen molar-refractivity contribution in [2.24, 2.45) is 0 Å². The summed E-state index contributed by atoms with van der Waals surface area (Å²) in [6.45, 7) is 0. The summed E-state index contributed by atoms with van der Waals surface area (Å²) in [6.07, 6.45) is -4.21. The zero-order chi connectivity index (χ0) is 15.8. The standard InChI is InChI=1S/C11H7ClF3NO5/c12-7-6(10-19-1-2-20-10)5(21-11(13,14)15)3-4(8(7)16)9(17)18/h1-3,10H,16H2,(H,17,18). The number of hydrogen-bond donors (Lipinski definition) is 2. The van der Waals surface area contributed by atoms with Gasteiger partial charge in [-0.05, 0) is 6.07 Å². The van der Waals surface area contributed by atoms with Gasteiger partial charge < -0.3 is 25.1 Å². The molecule has 1 aromatic rings. The lowest BCUT2D eigenvalue weighted by molar-refractivity contribution is -0.275. The Kier molecular flexibility index (Phi) is 3.77. The lowest BCUT2D eigenvalue weighted by Gasteiger charge is -2.20. The topological polar surface area (TPSA) is 91.0 Å². The van der Waals surface area contributed by atoms with E-state index in [1.165, 1.54) is 0 Å². The van der Waals surface area contributed by atoms with Crippen molar-refractivity contribution in [2.75, 3.05) is 5.73 Å². The molecule has 0 amide bonds. The summed E-state index contributed by atoms with van der Waals surface area (Å²) in [5.74, 6) is -2.42. The van der Waals surface area contributed by atoms with Crippen LogP contribution < -0.4 is 10.5 Å². The predicted molar refractivity (Wildman–Crippen MR) is 63.6 cm³/mol. The van der Waals surface area contributed by atoms with E-state index >= 15 is 0 Å². The molecule has 0 fully saturated rings. The van der Waals surface area contributed by atoms with E-state index in [1.54, 1.807) is 0 Å². The van der Waals surface area contributed by atoms with Gasteiger partial charge in [-0.2, -0.15) is 0 Å². The quantitative estimate of drug-likeness (QED) is 0.830. The van der Waals surface area contributed by atoms with Crippen LogP contribution in [0.2, 0.25) is 5.02 Å². The number of alkyl halides is 3. The summed E-state index contributed by atoms with van der Waals surface area (Å²) in [6, 6.07) is 0.609. The number of nitrogens with two attached hydrogens (primary N) is 1. The van der Waals surface area contributed by atoms with E-state index < -0.39 is 40.6 Å². The van der Waals surface area contributed by atoms with Gasteiger partial charge in [0.1, 0.15) is 18.3 Å². The molecule has 21 heavy (non-hydrogen) atoms. The zero-order valence-electron chi connectivity index (χ0n) is 9.98. The Labute approximate surface area is 120 Å². The minimum atomic E-state index is -5.06. The van der Waals surface area contributed by atoms with Crippen LogP contribution in [-0.2, 0) is 9.47 Å². The second kappa shape index (κ2) is 5.24. The molecule has 114 valence electrons. The highest BCUT2D eigenvalue weighted by molar-refractivity contribution is 6.35. The first kappa shape index (κ1) is 15.1. The van der Waals surface area contributed by atoms with E-state index in [4.69, 9.17) is 31.9 Å². The van der Waals surface area contributed by atoms with Gasteiger partial charge in [-0.3, -0.25) is 0 Å². The molecule has 10 heteroatoms. The average Bonchev–Trinajstić information content (AvgIpc) is 2.85. The minimum Gasteiger partial charge on any atom is -0.478 e. The van der Waals surface area contributed by atoms with Crippen molar-refractivity contribution < 1.29 is 37.3 Å². The Hall–Kier alpha value is -2.29. The normalized spacial score (nSPS) is 14.7. The molecule has 1 aliphatic heterocycles. The van der Waals surface area contributed by atoms with Crippen LogP contribution in [0, 0.1) is 0 Å². The largest absolute Gasteiger partial charge is 0.573 e. The van der Waals surface area contributed by atoms with Gasteiger partial charge in [0.15, 0.2) is 0 Å². The van der Waals surface area contributed by atoms with Crippen molar-refractivity contribution >= 4 is 23.3 Å². The van der Waals surface area contributed by atoms with Gasteiger partial charge in [0.05, 0.1) is 21.8 Å². The molecular formula is C11H7ClF3NO5. The Morgan fingerprint density at radius 2 is 1.95 bits per heavy atom. The van der Waals surface area contributed by atoms with Gasteiger partial charge >= 0.3 is 12.3 Å². The number of hydrogen-bond acceptors (Lipinski definition) is 5. The first-order chi connectivity index (χ1) is 9.70. The lowest BCUT2D eigenvalue weighted by atomic mass is 10.1. The highest BCUT2D eigenvalue weighted by Gasteiger charge is 2.36. The maximum absolute atomic E-state index is 12.4. The van der Waals surface area contributed by atoms with Gasteiger partial charge in [0, 0.05) is 0 Å². The Bertz CT molecular complexity index is 609. The summed E-state index contributed by atoms with van der Waals surface area (Å²) < 4.78 is 50.9. The number of rotatable bonds is 3. The number of carboxylic acids is 1. The molecule has 0 saturated heterocycles. The minimum absolute atomic E-state index is 0.360. The Morgan fingerprint density at radius 3 is 2.43 bits per heavy atom.